The molecule has 1 fully saturated rings. The third kappa shape index (κ3) is 8.49. The Bertz CT molecular complexity index is 1650. The van der Waals surface area contributed by atoms with Crippen LogP contribution in [0.4, 0.5) is 10.5 Å². The van der Waals surface area contributed by atoms with Gasteiger partial charge in [-0.2, -0.15) is 5.10 Å². The highest BCUT2D eigenvalue weighted by molar-refractivity contribution is 5.99. The van der Waals surface area contributed by atoms with Crippen molar-refractivity contribution in [2.24, 2.45) is 0 Å². The fraction of sp³-hybridized carbons (Fsp3) is 0.538. The summed E-state index contributed by atoms with van der Waals surface area (Å²) in [6.07, 6.45) is 4.06. The van der Waals surface area contributed by atoms with E-state index in [2.05, 4.69) is 24.8 Å². The SMILES string of the molecule is CCCCN(CCCC)C(=O)c1cc(C)n(-c2ccc(N3CCN(C(=O)OC(C)(C)C)CC3)cc2C(=O)N2Cc3ccccc3C[C@H]2CO)n1. The molecular formula is C39H54N6O5. The summed E-state index contributed by atoms with van der Waals surface area (Å²) in [5, 5.41) is 15.3. The molecule has 270 valence electrons. The summed E-state index contributed by atoms with van der Waals surface area (Å²) >= 11 is 0. The average Bonchev–Trinajstić information content (AvgIpc) is 3.50. The largest absolute Gasteiger partial charge is 0.444 e. The maximum atomic E-state index is 14.7. The van der Waals surface area contributed by atoms with Crippen LogP contribution in [0.25, 0.3) is 5.69 Å². The molecule has 3 aromatic rings. The number of amides is 3. The standard InChI is InChI=1S/C39H54N6O5/c1-7-9-17-42(18-10-8-2)37(48)34-23-28(3)45(40-34)35-16-15-31(41-19-21-43(22-20-41)38(49)50-39(4,5)6)25-33(35)36(47)44-26-30-14-12-11-13-29(30)24-32(44)27-46/h11-16,23,25,32,46H,7-10,17-22,24,26-27H2,1-6H3/t32-/m0/s1. The summed E-state index contributed by atoms with van der Waals surface area (Å²) in [6, 6.07) is 15.2. The highest BCUT2D eigenvalue weighted by Crippen LogP contribution is 2.30. The summed E-state index contributed by atoms with van der Waals surface area (Å²) in [4.78, 5) is 48.7. The molecule has 1 saturated heterocycles. The number of hydrogen-bond donors (Lipinski definition) is 1. The first kappa shape index (κ1) is 36.9. The second-order valence-corrected chi connectivity index (χ2v) is 14.5. The summed E-state index contributed by atoms with van der Waals surface area (Å²) in [7, 11) is 0. The van der Waals surface area contributed by atoms with Crippen molar-refractivity contribution in [1.82, 2.24) is 24.5 Å². The van der Waals surface area contributed by atoms with Crippen LogP contribution >= 0.6 is 0 Å². The average molecular weight is 687 g/mol. The van der Waals surface area contributed by atoms with Gasteiger partial charge >= 0.3 is 6.09 Å². The molecule has 0 saturated carbocycles. The smallest absolute Gasteiger partial charge is 0.410 e. The summed E-state index contributed by atoms with van der Waals surface area (Å²) in [6.45, 7) is 15.4. The second kappa shape index (κ2) is 16.1. The number of benzene rings is 2. The molecule has 0 bridgehead atoms. The van der Waals surface area contributed by atoms with E-state index in [4.69, 9.17) is 9.84 Å². The number of ether oxygens (including phenoxy) is 1. The van der Waals surface area contributed by atoms with Crippen molar-refractivity contribution in [3.8, 4) is 5.69 Å². The van der Waals surface area contributed by atoms with E-state index >= 15 is 0 Å². The van der Waals surface area contributed by atoms with Crippen LogP contribution in [-0.2, 0) is 17.7 Å². The molecule has 1 N–H and O–H groups in total. The lowest BCUT2D eigenvalue weighted by Gasteiger charge is -2.38. The van der Waals surface area contributed by atoms with Crippen LogP contribution in [0, 0.1) is 6.92 Å². The van der Waals surface area contributed by atoms with E-state index in [9.17, 15) is 19.5 Å². The van der Waals surface area contributed by atoms with E-state index < -0.39 is 5.60 Å². The van der Waals surface area contributed by atoms with Gasteiger partial charge < -0.3 is 29.4 Å². The molecule has 5 rings (SSSR count). The number of carbonyl (C=O) groups excluding carboxylic acids is 3. The van der Waals surface area contributed by atoms with Crippen molar-refractivity contribution in [1.29, 1.82) is 0 Å². The van der Waals surface area contributed by atoms with Gasteiger partial charge in [-0.05, 0) is 82.3 Å². The van der Waals surface area contributed by atoms with E-state index in [1.807, 2.05) is 69.0 Å². The van der Waals surface area contributed by atoms with Crippen LogP contribution in [0.2, 0.25) is 0 Å². The number of rotatable bonds is 11. The number of carbonyl (C=O) groups is 3. The van der Waals surface area contributed by atoms with Crippen molar-refractivity contribution in [3.05, 3.63) is 76.6 Å². The zero-order chi connectivity index (χ0) is 36.0. The molecule has 2 aromatic carbocycles. The summed E-state index contributed by atoms with van der Waals surface area (Å²) < 4.78 is 7.29. The Hall–Kier alpha value is -4.38. The number of aliphatic hydroxyl groups excluding tert-OH is 1. The molecule has 1 aromatic heterocycles. The van der Waals surface area contributed by atoms with Gasteiger partial charge in [-0.1, -0.05) is 51.0 Å². The maximum absolute atomic E-state index is 14.7. The van der Waals surface area contributed by atoms with E-state index in [1.165, 1.54) is 0 Å². The van der Waals surface area contributed by atoms with Crippen LogP contribution < -0.4 is 4.90 Å². The fourth-order valence-corrected chi connectivity index (χ4v) is 6.69. The number of aryl methyl sites for hydroxylation is 1. The van der Waals surface area contributed by atoms with Gasteiger partial charge in [0, 0.05) is 57.2 Å². The molecule has 3 amide bonds. The predicted octanol–water partition coefficient (Wildman–Crippen LogP) is 5.84. The minimum atomic E-state index is -0.570. The normalized spacial score (nSPS) is 16.3. The highest BCUT2D eigenvalue weighted by atomic mass is 16.6. The Balaban J connectivity index is 1.49. The van der Waals surface area contributed by atoms with Crippen LogP contribution in [0.5, 0.6) is 0 Å². The number of unbranched alkanes of at least 4 members (excludes halogenated alkanes) is 2. The van der Waals surface area contributed by atoms with Crippen LogP contribution in [0.1, 0.15) is 98.0 Å². The Labute approximate surface area is 296 Å². The molecule has 11 heteroatoms. The third-order valence-electron chi connectivity index (χ3n) is 9.52. The minimum Gasteiger partial charge on any atom is -0.444 e. The number of piperazine rings is 1. The quantitative estimate of drug-likeness (QED) is 0.270. The molecule has 3 heterocycles. The first-order valence-corrected chi connectivity index (χ1v) is 18.2. The lowest BCUT2D eigenvalue weighted by molar-refractivity contribution is 0.0240. The lowest BCUT2D eigenvalue weighted by atomic mass is 9.93. The van der Waals surface area contributed by atoms with Crippen molar-refractivity contribution in [2.45, 2.75) is 91.8 Å². The molecule has 2 aliphatic rings. The van der Waals surface area contributed by atoms with Gasteiger partial charge in [0.15, 0.2) is 5.69 Å². The summed E-state index contributed by atoms with van der Waals surface area (Å²) in [5.41, 5.74) is 4.59. The molecule has 1 atom stereocenters. The Morgan fingerprint density at radius 3 is 2.22 bits per heavy atom. The van der Waals surface area contributed by atoms with Gasteiger partial charge in [0.1, 0.15) is 5.60 Å². The number of fused-ring (bicyclic) bond motifs is 1. The zero-order valence-electron chi connectivity index (χ0n) is 30.7. The van der Waals surface area contributed by atoms with Crippen LogP contribution in [0.3, 0.4) is 0 Å². The van der Waals surface area contributed by atoms with Gasteiger partial charge in [-0.15, -0.1) is 0 Å². The maximum Gasteiger partial charge on any atom is 0.410 e. The third-order valence-corrected chi connectivity index (χ3v) is 9.52. The predicted molar refractivity (Wildman–Crippen MR) is 195 cm³/mol. The van der Waals surface area contributed by atoms with E-state index in [1.54, 1.807) is 20.5 Å². The fourth-order valence-electron chi connectivity index (χ4n) is 6.69. The van der Waals surface area contributed by atoms with Crippen molar-refractivity contribution in [3.63, 3.8) is 0 Å². The molecule has 2 aliphatic heterocycles. The van der Waals surface area contributed by atoms with Crippen molar-refractivity contribution >= 4 is 23.6 Å². The van der Waals surface area contributed by atoms with Gasteiger partial charge in [-0.3, -0.25) is 9.59 Å². The topological polar surface area (TPSA) is 111 Å². The number of anilines is 1. The molecular weight excluding hydrogens is 632 g/mol. The highest BCUT2D eigenvalue weighted by Gasteiger charge is 2.33. The Morgan fingerprint density at radius 2 is 1.60 bits per heavy atom. The molecule has 0 unspecified atom stereocenters. The zero-order valence-corrected chi connectivity index (χ0v) is 30.7. The van der Waals surface area contributed by atoms with E-state index in [0.29, 0.717) is 69.2 Å². The first-order valence-electron chi connectivity index (χ1n) is 18.2. The van der Waals surface area contributed by atoms with E-state index in [0.717, 1.165) is 48.2 Å². The molecule has 50 heavy (non-hydrogen) atoms. The van der Waals surface area contributed by atoms with Gasteiger partial charge in [0.25, 0.3) is 11.8 Å². The summed E-state index contributed by atoms with van der Waals surface area (Å²) in [5.74, 6) is -0.313. The van der Waals surface area contributed by atoms with E-state index in [-0.39, 0.29) is 30.6 Å². The number of hydrogen-bond acceptors (Lipinski definition) is 7. The number of nitrogens with zero attached hydrogens (tertiary/aromatic N) is 6. The first-order chi connectivity index (χ1) is 23.9. The van der Waals surface area contributed by atoms with Crippen molar-refractivity contribution in [2.75, 3.05) is 50.8 Å². The number of aromatic nitrogens is 2. The second-order valence-electron chi connectivity index (χ2n) is 14.5. The van der Waals surface area contributed by atoms with Gasteiger partial charge in [0.2, 0.25) is 0 Å². The van der Waals surface area contributed by atoms with Crippen molar-refractivity contribution < 1.29 is 24.2 Å². The monoisotopic (exact) mass is 686 g/mol. The molecule has 11 nitrogen and oxygen atoms in total. The van der Waals surface area contributed by atoms with Gasteiger partial charge in [-0.25, -0.2) is 9.48 Å². The molecule has 0 aliphatic carbocycles. The lowest BCUT2D eigenvalue weighted by Crippen LogP contribution is -2.50. The minimum absolute atomic E-state index is 0.103. The van der Waals surface area contributed by atoms with Crippen LogP contribution in [0.15, 0.2) is 48.5 Å². The Kier molecular flexibility index (Phi) is 11.9. The Morgan fingerprint density at radius 1 is 0.940 bits per heavy atom. The molecule has 0 radical (unpaired) electrons. The van der Waals surface area contributed by atoms with Crippen LogP contribution in [-0.4, -0.2) is 105 Å². The van der Waals surface area contributed by atoms with Gasteiger partial charge in [0.05, 0.1) is 23.9 Å². The molecule has 0 spiro atoms. The number of aliphatic hydroxyl groups is 1.